The second-order valence-electron chi connectivity index (χ2n) is 6.06. The van der Waals surface area contributed by atoms with Crippen LogP contribution in [0.2, 0.25) is 0 Å². The lowest BCUT2D eigenvalue weighted by Gasteiger charge is -2.24. The van der Waals surface area contributed by atoms with Gasteiger partial charge < -0.3 is 9.55 Å². The van der Waals surface area contributed by atoms with E-state index in [1.807, 2.05) is 11.3 Å². The van der Waals surface area contributed by atoms with Crippen LogP contribution in [0.3, 0.4) is 0 Å². The van der Waals surface area contributed by atoms with Gasteiger partial charge in [0.2, 0.25) is 0 Å². The zero-order valence-electron chi connectivity index (χ0n) is 12.0. The molecule has 1 N–H and O–H groups in total. The molecule has 4 heteroatoms. The molecule has 5 rings (SSSR count). The molecule has 3 aromatic heterocycles. The Bertz CT molecular complexity index is 963. The molecule has 3 heterocycles. The van der Waals surface area contributed by atoms with Gasteiger partial charge in [0.1, 0.15) is 0 Å². The van der Waals surface area contributed by atoms with Crippen molar-refractivity contribution in [2.75, 3.05) is 0 Å². The molecule has 1 aliphatic rings. The van der Waals surface area contributed by atoms with Crippen LogP contribution in [-0.4, -0.2) is 9.55 Å². The normalized spacial score (nSPS) is 18.1. The molecule has 0 aliphatic heterocycles. The first-order valence-electron chi connectivity index (χ1n) is 7.64. The Morgan fingerprint density at radius 1 is 1.23 bits per heavy atom. The number of fused-ring (bicyclic) bond motifs is 4. The van der Waals surface area contributed by atoms with E-state index < -0.39 is 0 Å². The van der Waals surface area contributed by atoms with Gasteiger partial charge in [-0.2, -0.15) is 0 Å². The smallest absolute Gasteiger partial charge is 0.0733 e. The first-order valence-corrected chi connectivity index (χ1v) is 9.31. The van der Waals surface area contributed by atoms with Crippen molar-refractivity contribution in [3.63, 3.8) is 0 Å². The van der Waals surface area contributed by atoms with Crippen molar-refractivity contribution in [3.8, 4) is 0 Å². The van der Waals surface area contributed by atoms with E-state index in [4.69, 9.17) is 0 Å². The van der Waals surface area contributed by atoms with Gasteiger partial charge in [-0.15, -0.1) is 11.3 Å². The molecule has 110 valence electrons. The molecule has 1 aromatic carbocycles. The van der Waals surface area contributed by atoms with Gasteiger partial charge in [0.25, 0.3) is 0 Å². The minimum atomic E-state index is 0.439. The van der Waals surface area contributed by atoms with E-state index in [-0.39, 0.29) is 0 Å². The Kier molecular flexibility index (Phi) is 2.79. The number of aromatic amines is 1. The van der Waals surface area contributed by atoms with Crippen LogP contribution in [0.25, 0.3) is 21.0 Å². The summed E-state index contributed by atoms with van der Waals surface area (Å²) in [4.78, 5) is 3.69. The predicted octanol–water partition coefficient (Wildman–Crippen LogP) is 5.87. The number of aryl methyl sites for hydroxylation is 1. The molecule has 4 aromatic rings. The fraction of sp³-hybridized carbons (Fsp3) is 0.222. The zero-order valence-corrected chi connectivity index (χ0v) is 14.4. The standard InChI is InChI=1S/C18H15BrN2S/c19-12-4-5-15-14(8-12)13-2-1-3-16(18(13)20-15)21-9-11-6-7-22-17(11)10-21/h4-10,16,20H,1-3H2. The first-order chi connectivity index (χ1) is 10.8. The van der Waals surface area contributed by atoms with Crippen molar-refractivity contribution in [2.45, 2.75) is 25.3 Å². The maximum atomic E-state index is 3.69. The Balaban J connectivity index is 1.71. The third kappa shape index (κ3) is 1.83. The van der Waals surface area contributed by atoms with E-state index in [0.717, 1.165) is 4.47 Å². The molecule has 1 unspecified atom stereocenters. The highest BCUT2D eigenvalue weighted by Crippen LogP contribution is 2.39. The number of benzene rings is 1. The molecule has 0 bridgehead atoms. The van der Waals surface area contributed by atoms with Crippen LogP contribution in [0.5, 0.6) is 0 Å². The first kappa shape index (κ1) is 13.0. The number of thiophene rings is 1. The van der Waals surface area contributed by atoms with Crippen LogP contribution in [0, 0.1) is 0 Å². The van der Waals surface area contributed by atoms with Gasteiger partial charge in [0.15, 0.2) is 0 Å². The average Bonchev–Trinajstić information content (AvgIpc) is 3.18. The fourth-order valence-electron chi connectivity index (χ4n) is 3.76. The lowest BCUT2D eigenvalue weighted by molar-refractivity contribution is 0.485. The highest BCUT2D eigenvalue weighted by Gasteiger charge is 2.25. The van der Waals surface area contributed by atoms with E-state index in [9.17, 15) is 0 Å². The van der Waals surface area contributed by atoms with Gasteiger partial charge in [-0.3, -0.25) is 0 Å². The molecule has 22 heavy (non-hydrogen) atoms. The molecule has 2 nitrogen and oxygen atoms in total. The molecule has 0 fully saturated rings. The van der Waals surface area contributed by atoms with E-state index in [0.29, 0.717) is 6.04 Å². The summed E-state index contributed by atoms with van der Waals surface area (Å²) in [6, 6.07) is 9.20. The number of H-pyrrole nitrogens is 1. The Labute approximate surface area is 140 Å². The minimum absolute atomic E-state index is 0.439. The van der Waals surface area contributed by atoms with Crippen molar-refractivity contribution in [2.24, 2.45) is 0 Å². The summed E-state index contributed by atoms with van der Waals surface area (Å²) in [6.45, 7) is 0. The van der Waals surface area contributed by atoms with Gasteiger partial charge >= 0.3 is 0 Å². The van der Waals surface area contributed by atoms with Gasteiger partial charge in [-0.05, 0) is 54.5 Å². The molecular weight excluding hydrogens is 356 g/mol. The number of hydrogen-bond donors (Lipinski definition) is 1. The molecular formula is C18H15BrN2S. The van der Waals surface area contributed by atoms with Crippen molar-refractivity contribution < 1.29 is 0 Å². The lowest BCUT2D eigenvalue weighted by Crippen LogP contribution is -2.15. The Morgan fingerprint density at radius 2 is 2.18 bits per heavy atom. The van der Waals surface area contributed by atoms with E-state index in [2.05, 4.69) is 67.5 Å². The molecule has 1 atom stereocenters. The number of aromatic nitrogens is 2. The second kappa shape index (κ2) is 4.74. The summed E-state index contributed by atoms with van der Waals surface area (Å²) in [5.41, 5.74) is 4.17. The maximum absolute atomic E-state index is 3.69. The highest BCUT2D eigenvalue weighted by atomic mass is 79.9. The van der Waals surface area contributed by atoms with Crippen molar-refractivity contribution >= 4 is 48.3 Å². The average molecular weight is 371 g/mol. The summed E-state index contributed by atoms with van der Waals surface area (Å²) in [6.07, 6.45) is 8.25. The third-order valence-corrected chi connectivity index (χ3v) is 6.14. The van der Waals surface area contributed by atoms with E-state index in [1.54, 1.807) is 0 Å². The summed E-state index contributed by atoms with van der Waals surface area (Å²) in [5, 5.41) is 4.90. The van der Waals surface area contributed by atoms with Crippen LogP contribution in [0.15, 0.2) is 46.5 Å². The minimum Gasteiger partial charge on any atom is -0.356 e. The Hall–Kier alpha value is -1.52. The van der Waals surface area contributed by atoms with Crippen LogP contribution >= 0.6 is 27.3 Å². The topological polar surface area (TPSA) is 20.7 Å². The summed E-state index contributed by atoms with van der Waals surface area (Å²) in [5.74, 6) is 0. The van der Waals surface area contributed by atoms with Crippen molar-refractivity contribution in [3.05, 3.63) is 57.8 Å². The summed E-state index contributed by atoms with van der Waals surface area (Å²) < 4.78 is 4.94. The third-order valence-electron chi connectivity index (χ3n) is 4.78. The number of halogens is 1. The lowest BCUT2D eigenvalue weighted by atomic mass is 9.91. The van der Waals surface area contributed by atoms with Crippen LogP contribution in [-0.2, 0) is 6.42 Å². The van der Waals surface area contributed by atoms with Crippen LogP contribution in [0.4, 0.5) is 0 Å². The molecule has 0 amide bonds. The van der Waals surface area contributed by atoms with Crippen LogP contribution in [0.1, 0.15) is 30.1 Å². The quantitative estimate of drug-likeness (QED) is 0.432. The number of nitrogens with one attached hydrogen (secondary N) is 1. The monoisotopic (exact) mass is 370 g/mol. The number of hydrogen-bond acceptors (Lipinski definition) is 1. The van der Waals surface area contributed by atoms with Crippen LogP contribution < -0.4 is 0 Å². The molecule has 1 aliphatic carbocycles. The highest BCUT2D eigenvalue weighted by molar-refractivity contribution is 9.10. The van der Waals surface area contributed by atoms with Gasteiger partial charge in [-0.1, -0.05) is 15.9 Å². The van der Waals surface area contributed by atoms with E-state index >= 15 is 0 Å². The molecule has 0 radical (unpaired) electrons. The van der Waals surface area contributed by atoms with Crippen molar-refractivity contribution in [1.29, 1.82) is 0 Å². The maximum Gasteiger partial charge on any atom is 0.0733 e. The van der Waals surface area contributed by atoms with Gasteiger partial charge in [0.05, 0.1) is 10.7 Å². The molecule has 0 saturated heterocycles. The number of rotatable bonds is 1. The predicted molar refractivity (Wildman–Crippen MR) is 96.9 cm³/mol. The SMILES string of the molecule is Brc1ccc2[nH]c3c(c2c1)CCCC3n1cc2ccsc2c1. The summed E-state index contributed by atoms with van der Waals surface area (Å²) in [7, 11) is 0. The molecule has 0 saturated carbocycles. The zero-order chi connectivity index (χ0) is 14.7. The fourth-order valence-corrected chi connectivity index (χ4v) is 4.93. The number of nitrogens with zero attached hydrogens (tertiary/aromatic N) is 1. The van der Waals surface area contributed by atoms with Gasteiger partial charge in [-0.25, -0.2) is 0 Å². The van der Waals surface area contributed by atoms with E-state index in [1.165, 1.54) is 51.5 Å². The Morgan fingerprint density at radius 3 is 3.09 bits per heavy atom. The van der Waals surface area contributed by atoms with Crippen molar-refractivity contribution in [1.82, 2.24) is 9.55 Å². The second-order valence-corrected chi connectivity index (χ2v) is 7.92. The van der Waals surface area contributed by atoms with Gasteiger partial charge in [0, 0.05) is 38.8 Å². The largest absolute Gasteiger partial charge is 0.356 e. The molecule has 0 spiro atoms. The summed E-state index contributed by atoms with van der Waals surface area (Å²) >= 11 is 5.43.